The van der Waals surface area contributed by atoms with Gasteiger partial charge in [-0.15, -0.1) is 0 Å². The molecule has 5 rings (SSSR count). The van der Waals surface area contributed by atoms with Crippen molar-refractivity contribution in [1.82, 2.24) is 0 Å². The highest BCUT2D eigenvalue weighted by Gasteiger charge is 2.27. The maximum absolute atomic E-state index is 12.7. The molecule has 0 fully saturated rings. The molecule has 0 unspecified atom stereocenters. The molecule has 30 heavy (non-hydrogen) atoms. The standard InChI is InChI=1S/C23H16N2O5/c26-21(17-13-15-4-1-2-5-19(15)30-23(17)28)24-16-7-8-18-14(12-16)9-10-25(18)22(27)20-6-3-11-29-20/h1-8,11-13H,9-10H2,(H,24,26). The van der Waals surface area contributed by atoms with Crippen LogP contribution >= 0.6 is 0 Å². The normalized spacial score (nSPS) is 12.7. The Kier molecular flexibility index (Phi) is 4.21. The van der Waals surface area contributed by atoms with E-state index in [2.05, 4.69) is 5.32 Å². The SMILES string of the molecule is O=C(Nc1ccc2c(c1)CCN2C(=O)c1ccco1)c1cc2ccccc2oc1=O. The summed E-state index contributed by atoms with van der Waals surface area (Å²) in [7, 11) is 0. The minimum atomic E-state index is -0.692. The maximum atomic E-state index is 12.7. The fraction of sp³-hybridized carbons (Fsp3) is 0.0870. The molecule has 0 bridgehead atoms. The van der Waals surface area contributed by atoms with Crippen LogP contribution < -0.4 is 15.8 Å². The fourth-order valence-electron chi connectivity index (χ4n) is 3.64. The van der Waals surface area contributed by atoms with Gasteiger partial charge in [0.15, 0.2) is 5.76 Å². The molecule has 2 aromatic heterocycles. The van der Waals surface area contributed by atoms with E-state index >= 15 is 0 Å². The van der Waals surface area contributed by atoms with Crippen LogP contribution in [0.4, 0.5) is 11.4 Å². The Morgan fingerprint density at radius 3 is 2.70 bits per heavy atom. The number of carbonyl (C=O) groups is 2. The summed E-state index contributed by atoms with van der Waals surface area (Å²) in [6, 6.07) is 17.1. The third kappa shape index (κ3) is 3.06. The molecule has 2 aromatic carbocycles. The molecule has 2 amide bonds. The van der Waals surface area contributed by atoms with Gasteiger partial charge in [0.05, 0.1) is 6.26 Å². The number of hydrogen-bond donors (Lipinski definition) is 1. The van der Waals surface area contributed by atoms with Crippen molar-refractivity contribution < 1.29 is 18.4 Å². The molecule has 1 aliphatic heterocycles. The number of nitrogens with one attached hydrogen (secondary N) is 1. The maximum Gasteiger partial charge on any atom is 0.349 e. The Labute approximate surface area is 170 Å². The molecule has 3 heterocycles. The minimum Gasteiger partial charge on any atom is -0.459 e. The highest BCUT2D eigenvalue weighted by Crippen LogP contribution is 2.32. The predicted molar refractivity (Wildman–Crippen MR) is 111 cm³/mol. The summed E-state index contributed by atoms with van der Waals surface area (Å²) in [5.74, 6) is -0.469. The van der Waals surface area contributed by atoms with Crippen molar-refractivity contribution in [2.24, 2.45) is 0 Å². The summed E-state index contributed by atoms with van der Waals surface area (Å²) in [5, 5.41) is 3.41. The summed E-state index contributed by atoms with van der Waals surface area (Å²) in [4.78, 5) is 39.1. The largest absolute Gasteiger partial charge is 0.459 e. The van der Waals surface area contributed by atoms with Crippen molar-refractivity contribution in [2.45, 2.75) is 6.42 Å². The Morgan fingerprint density at radius 1 is 1.00 bits per heavy atom. The zero-order valence-electron chi connectivity index (χ0n) is 15.8. The molecule has 0 saturated heterocycles. The average molecular weight is 400 g/mol. The van der Waals surface area contributed by atoms with E-state index in [9.17, 15) is 14.4 Å². The van der Waals surface area contributed by atoms with Crippen LogP contribution in [-0.4, -0.2) is 18.4 Å². The quantitative estimate of drug-likeness (QED) is 0.528. The lowest BCUT2D eigenvalue weighted by Crippen LogP contribution is -2.28. The van der Waals surface area contributed by atoms with E-state index in [1.54, 1.807) is 53.4 Å². The lowest BCUT2D eigenvalue weighted by atomic mass is 10.1. The van der Waals surface area contributed by atoms with Gasteiger partial charge in [-0.3, -0.25) is 9.59 Å². The second kappa shape index (κ2) is 7.04. The highest BCUT2D eigenvalue weighted by molar-refractivity contribution is 6.07. The van der Waals surface area contributed by atoms with E-state index in [4.69, 9.17) is 8.83 Å². The smallest absolute Gasteiger partial charge is 0.349 e. The molecule has 7 nitrogen and oxygen atoms in total. The molecule has 1 N–H and O–H groups in total. The third-order valence-electron chi connectivity index (χ3n) is 5.10. The van der Waals surface area contributed by atoms with Crippen LogP contribution in [0.2, 0.25) is 0 Å². The first kappa shape index (κ1) is 17.9. The number of fused-ring (bicyclic) bond motifs is 2. The highest BCUT2D eigenvalue weighted by atomic mass is 16.4. The molecule has 7 heteroatoms. The van der Waals surface area contributed by atoms with Gasteiger partial charge in [0.2, 0.25) is 0 Å². The topological polar surface area (TPSA) is 92.8 Å². The molecule has 0 aliphatic carbocycles. The molecular weight excluding hydrogens is 384 g/mol. The van der Waals surface area contributed by atoms with Gasteiger partial charge in [-0.2, -0.15) is 0 Å². The van der Waals surface area contributed by atoms with E-state index < -0.39 is 11.5 Å². The van der Waals surface area contributed by atoms with Gasteiger partial charge < -0.3 is 19.1 Å². The number of rotatable bonds is 3. The van der Waals surface area contributed by atoms with Crippen LogP contribution in [0.3, 0.4) is 0 Å². The second-order valence-electron chi connectivity index (χ2n) is 6.97. The second-order valence-corrected chi connectivity index (χ2v) is 6.97. The lowest BCUT2D eigenvalue weighted by molar-refractivity contribution is 0.0961. The van der Waals surface area contributed by atoms with Gasteiger partial charge in [-0.25, -0.2) is 4.79 Å². The summed E-state index contributed by atoms with van der Waals surface area (Å²) < 4.78 is 10.4. The van der Waals surface area contributed by atoms with Gasteiger partial charge in [0, 0.05) is 23.3 Å². The number of para-hydroxylation sites is 1. The Balaban J connectivity index is 1.39. The lowest BCUT2D eigenvalue weighted by Gasteiger charge is -2.16. The Hall–Kier alpha value is -4.13. The number of hydrogen-bond acceptors (Lipinski definition) is 5. The first-order valence-electron chi connectivity index (χ1n) is 9.43. The average Bonchev–Trinajstić information content (AvgIpc) is 3.42. The monoisotopic (exact) mass is 400 g/mol. The first-order chi connectivity index (χ1) is 14.6. The van der Waals surface area contributed by atoms with E-state index in [0.717, 1.165) is 11.3 Å². The number of benzene rings is 2. The summed E-state index contributed by atoms with van der Waals surface area (Å²) in [5.41, 5.74) is 1.92. The van der Waals surface area contributed by atoms with Crippen molar-refractivity contribution in [3.05, 3.63) is 94.2 Å². The van der Waals surface area contributed by atoms with Crippen LogP contribution in [0.15, 0.2) is 80.6 Å². The predicted octanol–water partition coefficient (Wildman–Crippen LogP) is 3.84. The number of nitrogens with zero attached hydrogens (tertiary/aromatic N) is 1. The molecule has 0 spiro atoms. The zero-order valence-corrected chi connectivity index (χ0v) is 15.8. The number of carbonyl (C=O) groups excluding carboxylic acids is 2. The van der Waals surface area contributed by atoms with Crippen molar-refractivity contribution in [3.8, 4) is 0 Å². The summed E-state index contributed by atoms with van der Waals surface area (Å²) in [6.45, 7) is 0.528. The van der Waals surface area contributed by atoms with Crippen molar-refractivity contribution in [2.75, 3.05) is 16.8 Å². The molecular formula is C23H16N2O5. The van der Waals surface area contributed by atoms with Gasteiger partial charge in [-0.05, 0) is 54.4 Å². The molecule has 0 atom stereocenters. The first-order valence-corrected chi connectivity index (χ1v) is 9.43. The van der Waals surface area contributed by atoms with Gasteiger partial charge >= 0.3 is 5.63 Å². The molecule has 0 radical (unpaired) electrons. The Bertz CT molecular complexity index is 1340. The van der Waals surface area contributed by atoms with E-state index in [1.807, 2.05) is 6.07 Å². The molecule has 0 saturated carbocycles. The van der Waals surface area contributed by atoms with Crippen LogP contribution in [0, 0.1) is 0 Å². The van der Waals surface area contributed by atoms with Crippen LogP contribution in [0.5, 0.6) is 0 Å². The number of anilines is 2. The van der Waals surface area contributed by atoms with E-state index in [1.165, 1.54) is 12.3 Å². The van der Waals surface area contributed by atoms with Gasteiger partial charge in [0.1, 0.15) is 11.1 Å². The number of amides is 2. The zero-order chi connectivity index (χ0) is 20.7. The van der Waals surface area contributed by atoms with Crippen LogP contribution in [0.25, 0.3) is 11.0 Å². The van der Waals surface area contributed by atoms with Crippen LogP contribution in [-0.2, 0) is 6.42 Å². The summed E-state index contributed by atoms with van der Waals surface area (Å²) >= 11 is 0. The Morgan fingerprint density at radius 2 is 1.87 bits per heavy atom. The molecule has 4 aromatic rings. The third-order valence-corrected chi connectivity index (χ3v) is 5.10. The van der Waals surface area contributed by atoms with Crippen LogP contribution in [0.1, 0.15) is 26.5 Å². The van der Waals surface area contributed by atoms with E-state index in [-0.39, 0.29) is 17.2 Å². The van der Waals surface area contributed by atoms with Crippen molar-refractivity contribution in [3.63, 3.8) is 0 Å². The van der Waals surface area contributed by atoms with Crippen molar-refractivity contribution >= 4 is 34.2 Å². The van der Waals surface area contributed by atoms with Gasteiger partial charge in [0.25, 0.3) is 11.8 Å². The van der Waals surface area contributed by atoms with E-state index in [0.29, 0.717) is 29.6 Å². The van der Waals surface area contributed by atoms with Gasteiger partial charge in [-0.1, -0.05) is 18.2 Å². The summed E-state index contributed by atoms with van der Waals surface area (Å²) in [6.07, 6.45) is 2.12. The number of furan rings is 1. The van der Waals surface area contributed by atoms with Crippen molar-refractivity contribution in [1.29, 1.82) is 0 Å². The minimum absolute atomic E-state index is 0.0659. The fourth-order valence-corrected chi connectivity index (χ4v) is 3.64. The molecule has 1 aliphatic rings. The molecule has 148 valence electrons.